The summed E-state index contributed by atoms with van der Waals surface area (Å²) in [4.78, 5) is 26.9. The van der Waals surface area contributed by atoms with Crippen LogP contribution >= 0.6 is 0 Å². The van der Waals surface area contributed by atoms with E-state index in [9.17, 15) is 9.59 Å². The highest BCUT2D eigenvalue weighted by Crippen LogP contribution is 2.34. The fourth-order valence-electron chi connectivity index (χ4n) is 4.91. The molecule has 2 unspecified atom stereocenters. The summed E-state index contributed by atoms with van der Waals surface area (Å²) in [5, 5.41) is 3.05. The van der Waals surface area contributed by atoms with E-state index in [2.05, 4.69) is 16.3 Å². The van der Waals surface area contributed by atoms with E-state index in [-0.39, 0.29) is 11.5 Å². The Hall–Kier alpha value is -2.80. The number of benzene rings is 1. The molecule has 7 nitrogen and oxygen atoms in total. The van der Waals surface area contributed by atoms with E-state index in [0.29, 0.717) is 42.7 Å². The zero-order valence-electron chi connectivity index (χ0n) is 18.3. The van der Waals surface area contributed by atoms with Gasteiger partial charge in [-0.15, -0.1) is 0 Å². The quantitative estimate of drug-likeness (QED) is 0.701. The molecule has 166 valence electrons. The zero-order valence-corrected chi connectivity index (χ0v) is 18.3. The molecule has 31 heavy (non-hydrogen) atoms. The van der Waals surface area contributed by atoms with Crippen LogP contribution in [-0.4, -0.2) is 55.8 Å². The van der Waals surface area contributed by atoms with Crippen LogP contribution in [0.25, 0.3) is 0 Å². The first kappa shape index (κ1) is 21.4. The van der Waals surface area contributed by atoms with Crippen molar-refractivity contribution in [2.45, 2.75) is 31.7 Å². The second kappa shape index (κ2) is 9.56. The lowest BCUT2D eigenvalue weighted by Gasteiger charge is -2.42. The number of pyridine rings is 1. The number of rotatable bonds is 8. The molecule has 2 atom stereocenters. The van der Waals surface area contributed by atoms with Gasteiger partial charge in [-0.25, -0.2) is 0 Å². The second-order valence-corrected chi connectivity index (χ2v) is 8.50. The zero-order chi connectivity index (χ0) is 21.8. The first-order chi connectivity index (χ1) is 15.1. The van der Waals surface area contributed by atoms with Crippen molar-refractivity contribution in [2.75, 3.05) is 40.4 Å². The van der Waals surface area contributed by atoms with Gasteiger partial charge in [0.1, 0.15) is 0 Å². The Bertz CT molecular complexity index is 987. The molecule has 2 bridgehead atoms. The van der Waals surface area contributed by atoms with E-state index >= 15 is 0 Å². The number of nitrogens with one attached hydrogen (secondary N) is 1. The number of amides is 1. The molecule has 0 aliphatic carbocycles. The maximum Gasteiger partial charge on any atom is 0.250 e. The van der Waals surface area contributed by atoms with E-state index in [4.69, 9.17) is 9.47 Å². The fraction of sp³-hybridized carbons (Fsp3) is 0.500. The number of nitrogens with zero attached hydrogens (tertiary/aromatic N) is 2. The van der Waals surface area contributed by atoms with Gasteiger partial charge in [0.2, 0.25) is 5.91 Å². The highest BCUT2D eigenvalue weighted by atomic mass is 16.5. The van der Waals surface area contributed by atoms with Gasteiger partial charge in [-0.2, -0.15) is 0 Å². The third kappa shape index (κ3) is 4.93. The van der Waals surface area contributed by atoms with Crippen molar-refractivity contribution in [1.82, 2.24) is 14.8 Å². The van der Waals surface area contributed by atoms with Crippen molar-refractivity contribution in [3.05, 3.63) is 58.0 Å². The van der Waals surface area contributed by atoms with Crippen LogP contribution in [0, 0.1) is 5.92 Å². The molecule has 1 N–H and O–H groups in total. The average Bonchev–Trinajstić information content (AvgIpc) is 2.78. The molecule has 1 aromatic carbocycles. The Labute approximate surface area is 183 Å². The SMILES string of the molecule is COc1ccc(CCC(=O)NCCN2CC3CC(C2)c2cccc(=O)n2C3)cc1OC. The van der Waals surface area contributed by atoms with Gasteiger partial charge in [0, 0.05) is 56.8 Å². The van der Waals surface area contributed by atoms with Gasteiger partial charge in [0.15, 0.2) is 11.5 Å². The molecular formula is C24H31N3O4. The summed E-state index contributed by atoms with van der Waals surface area (Å²) in [6.07, 6.45) is 2.25. The van der Waals surface area contributed by atoms with Gasteiger partial charge in [-0.3, -0.25) is 9.59 Å². The lowest BCUT2D eigenvalue weighted by atomic mass is 9.83. The van der Waals surface area contributed by atoms with Gasteiger partial charge in [-0.05, 0) is 42.5 Å². The molecular weight excluding hydrogens is 394 g/mol. The number of piperidine rings is 1. The predicted octanol–water partition coefficient (Wildman–Crippen LogP) is 2.03. The van der Waals surface area contributed by atoms with Crippen LogP contribution in [0.4, 0.5) is 0 Å². The van der Waals surface area contributed by atoms with Gasteiger partial charge in [0.25, 0.3) is 5.56 Å². The number of hydrogen-bond donors (Lipinski definition) is 1. The highest BCUT2D eigenvalue weighted by Gasteiger charge is 2.34. The molecule has 4 rings (SSSR count). The number of hydrogen-bond acceptors (Lipinski definition) is 5. The number of aromatic nitrogens is 1. The second-order valence-electron chi connectivity index (χ2n) is 8.50. The smallest absolute Gasteiger partial charge is 0.250 e. The van der Waals surface area contributed by atoms with Crippen molar-refractivity contribution in [2.24, 2.45) is 5.92 Å². The molecule has 0 saturated carbocycles. The first-order valence-corrected chi connectivity index (χ1v) is 11.0. The number of ether oxygens (including phenoxy) is 2. The van der Waals surface area contributed by atoms with Crippen LogP contribution in [0.3, 0.4) is 0 Å². The Morgan fingerprint density at radius 2 is 1.94 bits per heavy atom. The van der Waals surface area contributed by atoms with E-state index in [1.807, 2.05) is 28.8 Å². The van der Waals surface area contributed by atoms with Crippen LogP contribution in [0.1, 0.15) is 30.0 Å². The van der Waals surface area contributed by atoms with Gasteiger partial charge in [-0.1, -0.05) is 12.1 Å². The topological polar surface area (TPSA) is 72.8 Å². The molecule has 0 radical (unpaired) electrons. The summed E-state index contributed by atoms with van der Waals surface area (Å²) in [6.45, 7) is 4.22. The number of carbonyl (C=O) groups excluding carboxylic acids is 1. The number of likely N-dealkylation sites (tertiary alicyclic amines) is 1. The molecule has 7 heteroatoms. The minimum atomic E-state index is 0.0592. The van der Waals surface area contributed by atoms with Crippen molar-refractivity contribution >= 4 is 5.91 Å². The molecule has 1 aromatic heterocycles. The Kier molecular flexibility index (Phi) is 6.61. The summed E-state index contributed by atoms with van der Waals surface area (Å²) in [7, 11) is 3.22. The normalized spacial score (nSPS) is 20.1. The molecule has 3 heterocycles. The molecule has 1 saturated heterocycles. The first-order valence-electron chi connectivity index (χ1n) is 11.0. The molecule has 0 spiro atoms. The monoisotopic (exact) mass is 425 g/mol. The molecule has 1 amide bonds. The molecule has 2 aromatic rings. The third-order valence-corrected chi connectivity index (χ3v) is 6.39. The van der Waals surface area contributed by atoms with Crippen molar-refractivity contribution in [3.8, 4) is 11.5 Å². The van der Waals surface area contributed by atoms with Crippen molar-refractivity contribution < 1.29 is 14.3 Å². The molecule has 2 aliphatic heterocycles. The Balaban J connectivity index is 1.23. The Morgan fingerprint density at radius 3 is 2.74 bits per heavy atom. The average molecular weight is 426 g/mol. The highest BCUT2D eigenvalue weighted by molar-refractivity contribution is 5.76. The number of carbonyl (C=O) groups is 1. The summed E-state index contributed by atoms with van der Waals surface area (Å²) in [5.41, 5.74) is 2.32. The largest absolute Gasteiger partial charge is 0.493 e. The standard InChI is InChI=1S/C24H31N3O4/c1-30-21-8-6-17(13-22(21)31-2)7-9-23(28)25-10-11-26-14-18-12-19(16-26)20-4-3-5-24(29)27(20)15-18/h3-6,8,13,18-19H,7,9-12,14-16H2,1-2H3,(H,25,28). The van der Waals surface area contributed by atoms with E-state index in [0.717, 1.165) is 43.9 Å². The van der Waals surface area contributed by atoms with E-state index < -0.39 is 0 Å². The van der Waals surface area contributed by atoms with E-state index in [1.165, 1.54) is 0 Å². The van der Waals surface area contributed by atoms with Crippen LogP contribution in [0.5, 0.6) is 11.5 Å². The summed E-state index contributed by atoms with van der Waals surface area (Å²) < 4.78 is 12.5. The van der Waals surface area contributed by atoms with Crippen LogP contribution in [-0.2, 0) is 17.8 Å². The number of methoxy groups -OCH3 is 2. The van der Waals surface area contributed by atoms with E-state index in [1.54, 1.807) is 20.3 Å². The van der Waals surface area contributed by atoms with Crippen LogP contribution in [0.2, 0.25) is 0 Å². The lowest BCUT2D eigenvalue weighted by Crippen LogP contribution is -2.48. The third-order valence-electron chi connectivity index (χ3n) is 6.39. The van der Waals surface area contributed by atoms with Crippen molar-refractivity contribution in [3.63, 3.8) is 0 Å². The molecule has 2 aliphatic rings. The van der Waals surface area contributed by atoms with Crippen LogP contribution < -0.4 is 20.3 Å². The number of fused-ring (bicyclic) bond motifs is 4. The summed E-state index contributed by atoms with van der Waals surface area (Å²) in [5.74, 6) is 2.34. The van der Waals surface area contributed by atoms with Crippen LogP contribution in [0.15, 0.2) is 41.2 Å². The minimum absolute atomic E-state index is 0.0592. The predicted molar refractivity (Wildman–Crippen MR) is 119 cm³/mol. The molecule has 1 fully saturated rings. The number of aryl methyl sites for hydroxylation is 1. The van der Waals surface area contributed by atoms with Gasteiger partial charge < -0.3 is 24.3 Å². The minimum Gasteiger partial charge on any atom is -0.493 e. The lowest BCUT2D eigenvalue weighted by molar-refractivity contribution is -0.121. The van der Waals surface area contributed by atoms with Crippen molar-refractivity contribution in [1.29, 1.82) is 0 Å². The maximum absolute atomic E-state index is 12.3. The maximum atomic E-state index is 12.3. The summed E-state index contributed by atoms with van der Waals surface area (Å²) >= 11 is 0. The van der Waals surface area contributed by atoms with Gasteiger partial charge in [0.05, 0.1) is 14.2 Å². The summed E-state index contributed by atoms with van der Waals surface area (Å²) in [6, 6.07) is 11.4. The fourth-order valence-corrected chi connectivity index (χ4v) is 4.91. The van der Waals surface area contributed by atoms with Gasteiger partial charge >= 0.3 is 0 Å². The Morgan fingerprint density at radius 1 is 1.10 bits per heavy atom.